The van der Waals surface area contributed by atoms with E-state index in [1.54, 1.807) is 38.3 Å². The highest BCUT2D eigenvalue weighted by Gasteiger charge is 2.16. The number of hydrogen-bond donors (Lipinski definition) is 2. The molecule has 0 aliphatic heterocycles. The molecule has 0 aliphatic rings. The Morgan fingerprint density at radius 2 is 2.32 bits per heavy atom. The van der Waals surface area contributed by atoms with Crippen LogP contribution in [0.4, 0.5) is 0 Å². The lowest BCUT2D eigenvalue weighted by atomic mass is 10.1. The molecule has 1 heterocycles. The van der Waals surface area contributed by atoms with Gasteiger partial charge in [0.1, 0.15) is 11.8 Å². The van der Waals surface area contributed by atoms with E-state index in [-0.39, 0.29) is 24.1 Å². The van der Waals surface area contributed by atoms with Gasteiger partial charge in [0.25, 0.3) is 0 Å². The van der Waals surface area contributed by atoms with Gasteiger partial charge in [-0.2, -0.15) is 4.98 Å². The number of hydrogen-bond acceptors (Lipinski definition) is 6. The predicted molar refractivity (Wildman–Crippen MR) is 78.2 cm³/mol. The second kappa shape index (κ2) is 7.56. The number of ether oxygens (including phenoxy) is 1. The standard InChI is InChI=1S/C15H19N3O4/c1-10(15-17-13(18-22-15)6-7-21-2)16-14(20)9-11-4-3-5-12(19)8-11/h3-5,8,10,19H,6-7,9H2,1-2H3,(H,16,20). The van der Waals surface area contributed by atoms with Crippen LogP contribution in [0, 0.1) is 0 Å². The minimum atomic E-state index is -0.381. The van der Waals surface area contributed by atoms with Crippen LogP contribution in [0.15, 0.2) is 28.8 Å². The average Bonchev–Trinajstić information content (AvgIpc) is 2.94. The lowest BCUT2D eigenvalue weighted by molar-refractivity contribution is -0.121. The summed E-state index contributed by atoms with van der Waals surface area (Å²) in [5, 5.41) is 16.0. The van der Waals surface area contributed by atoms with E-state index in [0.717, 1.165) is 5.56 Å². The Bertz CT molecular complexity index is 627. The van der Waals surface area contributed by atoms with Crippen LogP contribution in [0.3, 0.4) is 0 Å². The number of nitrogens with zero attached hydrogens (tertiary/aromatic N) is 2. The smallest absolute Gasteiger partial charge is 0.248 e. The Balaban J connectivity index is 1.89. The predicted octanol–water partition coefficient (Wildman–Crippen LogP) is 1.38. The zero-order valence-electron chi connectivity index (χ0n) is 12.6. The Labute approximate surface area is 128 Å². The number of phenolic OH excluding ortho intramolecular Hbond substituents is 1. The Kier molecular flexibility index (Phi) is 5.48. The van der Waals surface area contributed by atoms with E-state index in [2.05, 4.69) is 15.5 Å². The number of rotatable bonds is 7. The quantitative estimate of drug-likeness (QED) is 0.802. The van der Waals surface area contributed by atoms with E-state index in [1.807, 2.05) is 0 Å². The number of aromatic hydroxyl groups is 1. The van der Waals surface area contributed by atoms with Crippen LogP contribution in [-0.4, -0.2) is 34.9 Å². The lowest BCUT2D eigenvalue weighted by Gasteiger charge is -2.09. The maximum Gasteiger partial charge on any atom is 0.248 e. The largest absolute Gasteiger partial charge is 0.508 e. The van der Waals surface area contributed by atoms with E-state index in [4.69, 9.17) is 9.26 Å². The molecule has 22 heavy (non-hydrogen) atoms. The van der Waals surface area contributed by atoms with Crippen LogP contribution < -0.4 is 5.32 Å². The van der Waals surface area contributed by atoms with Gasteiger partial charge in [-0.3, -0.25) is 4.79 Å². The number of benzene rings is 1. The highest BCUT2D eigenvalue weighted by atomic mass is 16.5. The van der Waals surface area contributed by atoms with Crippen molar-refractivity contribution in [1.29, 1.82) is 0 Å². The molecule has 1 amide bonds. The number of aromatic nitrogens is 2. The molecule has 1 unspecified atom stereocenters. The van der Waals surface area contributed by atoms with E-state index < -0.39 is 0 Å². The fourth-order valence-corrected chi connectivity index (χ4v) is 1.94. The van der Waals surface area contributed by atoms with Gasteiger partial charge >= 0.3 is 0 Å². The van der Waals surface area contributed by atoms with Gasteiger partial charge in [0.15, 0.2) is 5.82 Å². The summed E-state index contributed by atoms with van der Waals surface area (Å²) in [5.41, 5.74) is 0.732. The lowest BCUT2D eigenvalue weighted by Crippen LogP contribution is -2.28. The molecule has 2 aromatic rings. The molecule has 0 saturated heterocycles. The molecule has 2 N–H and O–H groups in total. The van der Waals surface area contributed by atoms with Crippen molar-refractivity contribution in [3.8, 4) is 5.75 Å². The monoisotopic (exact) mass is 305 g/mol. The molecule has 0 bridgehead atoms. The molecule has 1 aromatic carbocycles. The summed E-state index contributed by atoms with van der Waals surface area (Å²) in [6.45, 7) is 2.28. The third-order valence-electron chi connectivity index (χ3n) is 3.04. The normalized spacial score (nSPS) is 12.1. The number of carbonyl (C=O) groups excluding carboxylic acids is 1. The molecular formula is C15H19N3O4. The zero-order valence-corrected chi connectivity index (χ0v) is 12.6. The van der Waals surface area contributed by atoms with Crippen molar-refractivity contribution in [2.75, 3.05) is 13.7 Å². The van der Waals surface area contributed by atoms with Crippen LogP contribution >= 0.6 is 0 Å². The third-order valence-corrected chi connectivity index (χ3v) is 3.04. The van der Waals surface area contributed by atoms with Crippen molar-refractivity contribution >= 4 is 5.91 Å². The highest BCUT2D eigenvalue weighted by Crippen LogP contribution is 2.13. The minimum absolute atomic E-state index is 0.137. The molecule has 118 valence electrons. The topological polar surface area (TPSA) is 97.5 Å². The summed E-state index contributed by atoms with van der Waals surface area (Å²) >= 11 is 0. The maximum atomic E-state index is 12.0. The Morgan fingerprint density at radius 1 is 1.50 bits per heavy atom. The van der Waals surface area contributed by atoms with Crippen LogP contribution in [0.5, 0.6) is 5.75 Å². The fraction of sp³-hybridized carbons (Fsp3) is 0.400. The van der Waals surface area contributed by atoms with Crippen molar-refractivity contribution in [1.82, 2.24) is 15.5 Å². The van der Waals surface area contributed by atoms with Crippen LogP contribution in [0.1, 0.15) is 30.2 Å². The van der Waals surface area contributed by atoms with E-state index in [0.29, 0.717) is 24.7 Å². The van der Waals surface area contributed by atoms with Crippen molar-refractivity contribution in [3.05, 3.63) is 41.5 Å². The molecule has 0 aliphatic carbocycles. The highest BCUT2D eigenvalue weighted by molar-refractivity contribution is 5.78. The molecular weight excluding hydrogens is 286 g/mol. The van der Waals surface area contributed by atoms with Gasteiger partial charge in [-0.1, -0.05) is 17.3 Å². The summed E-state index contributed by atoms with van der Waals surface area (Å²) in [7, 11) is 1.60. The second-order valence-corrected chi connectivity index (χ2v) is 4.93. The average molecular weight is 305 g/mol. The van der Waals surface area contributed by atoms with E-state index >= 15 is 0 Å². The maximum absolute atomic E-state index is 12.0. The van der Waals surface area contributed by atoms with Crippen molar-refractivity contribution in [3.63, 3.8) is 0 Å². The van der Waals surface area contributed by atoms with Gasteiger partial charge in [-0.25, -0.2) is 0 Å². The number of carbonyl (C=O) groups is 1. The fourth-order valence-electron chi connectivity index (χ4n) is 1.94. The third kappa shape index (κ3) is 4.56. The molecule has 7 heteroatoms. The van der Waals surface area contributed by atoms with Crippen molar-refractivity contribution in [2.24, 2.45) is 0 Å². The van der Waals surface area contributed by atoms with Gasteiger partial charge in [0.2, 0.25) is 11.8 Å². The molecule has 1 aromatic heterocycles. The van der Waals surface area contributed by atoms with Gasteiger partial charge < -0.3 is 19.7 Å². The Hall–Kier alpha value is -2.41. The van der Waals surface area contributed by atoms with Gasteiger partial charge in [-0.05, 0) is 24.6 Å². The van der Waals surface area contributed by atoms with Crippen LogP contribution in [0.2, 0.25) is 0 Å². The number of phenols is 1. The number of methoxy groups -OCH3 is 1. The summed E-state index contributed by atoms with van der Waals surface area (Å²) in [4.78, 5) is 16.2. The first kappa shape index (κ1) is 16.0. The SMILES string of the molecule is COCCc1noc(C(C)NC(=O)Cc2cccc(O)c2)n1. The first-order chi connectivity index (χ1) is 10.6. The zero-order chi connectivity index (χ0) is 15.9. The molecule has 1 atom stereocenters. The van der Waals surface area contributed by atoms with Crippen LogP contribution in [0.25, 0.3) is 0 Å². The molecule has 2 rings (SSSR count). The molecule has 0 radical (unpaired) electrons. The second-order valence-electron chi connectivity index (χ2n) is 4.93. The number of nitrogens with one attached hydrogen (secondary N) is 1. The van der Waals surface area contributed by atoms with E-state index in [9.17, 15) is 9.90 Å². The molecule has 0 fully saturated rings. The van der Waals surface area contributed by atoms with Crippen molar-refractivity contribution < 1.29 is 19.2 Å². The molecule has 0 saturated carbocycles. The van der Waals surface area contributed by atoms with Crippen molar-refractivity contribution in [2.45, 2.75) is 25.8 Å². The molecule has 0 spiro atoms. The minimum Gasteiger partial charge on any atom is -0.508 e. The van der Waals surface area contributed by atoms with Gasteiger partial charge in [0, 0.05) is 13.5 Å². The number of amides is 1. The van der Waals surface area contributed by atoms with Gasteiger partial charge in [-0.15, -0.1) is 0 Å². The summed E-state index contributed by atoms with van der Waals surface area (Å²) in [6.07, 6.45) is 0.730. The summed E-state index contributed by atoms with van der Waals surface area (Å²) < 4.78 is 10.1. The van der Waals surface area contributed by atoms with E-state index in [1.165, 1.54) is 0 Å². The molecule has 7 nitrogen and oxygen atoms in total. The van der Waals surface area contributed by atoms with Gasteiger partial charge in [0.05, 0.1) is 13.0 Å². The summed E-state index contributed by atoms with van der Waals surface area (Å²) in [5.74, 6) is 0.856. The Morgan fingerprint density at radius 3 is 3.05 bits per heavy atom. The van der Waals surface area contributed by atoms with Crippen LogP contribution in [-0.2, 0) is 22.4 Å². The summed E-state index contributed by atoms with van der Waals surface area (Å²) in [6, 6.07) is 6.21. The first-order valence-electron chi connectivity index (χ1n) is 6.97. The first-order valence-corrected chi connectivity index (χ1v) is 6.97.